The summed E-state index contributed by atoms with van der Waals surface area (Å²) >= 11 is 0. The zero-order valence-corrected chi connectivity index (χ0v) is 42.4. The molecule has 0 rings (SSSR count). The maximum absolute atomic E-state index is 12.8. The number of quaternary nitrogens is 1. The molecule has 2 unspecified atom stereocenters. The van der Waals surface area contributed by atoms with E-state index in [4.69, 9.17) is 18.9 Å². The van der Waals surface area contributed by atoms with Crippen molar-refractivity contribution in [1.29, 1.82) is 0 Å². The van der Waals surface area contributed by atoms with Crippen molar-refractivity contribution in [3.8, 4) is 0 Å². The molecule has 0 fully saturated rings. The maximum atomic E-state index is 12.8. The molecule has 0 saturated heterocycles. The highest BCUT2D eigenvalue weighted by atomic mass is 16.7. The molecule has 0 radical (unpaired) electrons. The van der Waals surface area contributed by atoms with Crippen LogP contribution in [-0.2, 0) is 33.3 Å². The monoisotopic (exact) mass is 904 g/mol. The summed E-state index contributed by atoms with van der Waals surface area (Å²) in [6, 6.07) is 0. The van der Waals surface area contributed by atoms with Gasteiger partial charge in [0, 0.05) is 12.8 Å². The summed E-state index contributed by atoms with van der Waals surface area (Å²) in [5.41, 5.74) is 0. The molecule has 0 N–H and O–H groups in total. The lowest BCUT2D eigenvalue weighted by molar-refractivity contribution is -0.870. The highest BCUT2D eigenvalue weighted by Crippen LogP contribution is 2.15. The molecule has 0 aromatic heterocycles. The molecule has 374 valence electrons. The number of carbonyl (C=O) groups is 3. The average Bonchev–Trinajstić information content (AvgIpc) is 3.26. The van der Waals surface area contributed by atoms with Crippen LogP contribution < -0.4 is 5.11 Å². The number of ether oxygens (including phenoxy) is 4. The summed E-state index contributed by atoms with van der Waals surface area (Å²) in [7, 11) is 5.92. The molecule has 2 atom stereocenters. The Kier molecular flexibility index (Phi) is 45.2. The molecule has 9 heteroatoms. The van der Waals surface area contributed by atoms with Gasteiger partial charge in [-0.2, -0.15) is 0 Å². The molecule has 0 spiro atoms. The van der Waals surface area contributed by atoms with Crippen LogP contribution in [0.4, 0.5) is 0 Å². The lowest BCUT2D eigenvalue weighted by atomic mass is 10.1. The van der Waals surface area contributed by atoms with Crippen molar-refractivity contribution in [3.05, 3.63) is 36.5 Å². The smallest absolute Gasteiger partial charge is 0.306 e. The third-order valence-electron chi connectivity index (χ3n) is 11.6. The number of hydrogen-bond acceptors (Lipinski definition) is 8. The molecule has 0 aromatic carbocycles. The number of aliphatic carboxylic acids is 1. The number of hydrogen-bond donors (Lipinski definition) is 0. The Labute approximate surface area is 394 Å². The lowest BCUT2D eigenvalue weighted by Gasteiger charge is -2.26. The van der Waals surface area contributed by atoms with Crippen molar-refractivity contribution in [2.75, 3.05) is 47.5 Å². The van der Waals surface area contributed by atoms with E-state index < -0.39 is 24.3 Å². The van der Waals surface area contributed by atoms with E-state index in [2.05, 4.69) is 50.3 Å². The van der Waals surface area contributed by atoms with Crippen LogP contribution in [0, 0.1) is 0 Å². The largest absolute Gasteiger partial charge is 0.545 e. The van der Waals surface area contributed by atoms with Crippen LogP contribution in [0.15, 0.2) is 36.5 Å². The number of rotatable bonds is 49. The number of allylic oxidation sites excluding steroid dienone is 6. The topological polar surface area (TPSA) is 111 Å². The summed E-state index contributed by atoms with van der Waals surface area (Å²) in [5.74, 6) is -2.29. The summed E-state index contributed by atoms with van der Waals surface area (Å²) in [5, 5.41) is 11.7. The van der Waals surface area contributed by atoms with Gasteiger partial charge in [0.05, 0.1) is 40.3 Å². The van der Waals surface area contributed by atoms with Gasteiger partial charge in [-0.1, -0.05) is 192 Å². The minimum Gasteiger partial charge on any atom is -0.545 e. The van der Waals surface area contributed by atoms with Crippen molar-refractivity contribution in [1.82, 2.24) is 0 Å². The van der Waals surface area contributed by atoms with Crippen LogP contribution in [-0.4, -0.2) is 82.3 Å². The zero-order chi connectivity index (χ0) is 47.0. The highest BCUT2D eigenvalue weighted by Gasteiger charge is 2.22. The molecule has 0 aliphatic heterocycles. The van der Waals surface area contributed by atoms with E-state index in [0.717, 1.165) is 51.4 Å². The Balaban J connectivity index is 4.32. The van der Waals surface area contributed by atoms with Crippen molar-refractivity contribution in [3.63, 3.8) is 0 Å². The summed E-state index contributed by atoms with van der Waals surface area (Å²) in [4.78, 5) is 37.2. The molecule has 9 nitrogen and oxygen atoms in total. The molecule has 64 heavy (non-hydrogen) atoms. The van der Waals surface area contributed by atoms with Gasteiger partial charge >= 0.3 is 11.9 Å². The van der Waals surface area contributed by atoms with Crippen LogP contribution >= 0.6 is 0 Å². The minimum atomic E-state index is -1.62. The summed E-state index contributed by atoms with van der Waals surface area (Å²) in [6.45, 7) is 4.74. The number of nitrogens with zero attached hydrogens (tertiary/aromatic N) is 1. The number of carboxylic acids is 1. The van der Waals surface area contributed by atoms with E-state index in [-0.39, 0.29) is 38.6 Å². The van der Waals surface area contributed by atoms with Crippen molar-refractivity contribution in [2.24, 2.45) is 0 Å². The molecule has 0 amide bonds. The quantitative estimate of drug-likeness (QED) is 0.0195. The normalized spacial score (nSPS) is 13.1. The fourth-order valence-electron chi connectivity index (χ4n) is 7.44. The van der Waals surface area contributed by atoms with Crippen LogP contribution in [0.1, 0.15) is 239 Å². The van der Waals surface area contributed by atoms with E-state index in [9.17, 15) is 19.5 Å². The van der Waals surface area contributed by atoms with Gasteiger partial charge in [0.25, 0.3) is 0 Å². The minimum absolute atomic E-state index is 0.146. The molecule has 0 aromatic rings. The number of unbranched alkanes of at least 4 members (excludes halogenated alkanes) is 28. The predicted octanol–water partition coefficient (Wildman–Crippen LogP) is 13.6. The predicted molar refractivity (Wildman–Crippen MR) is 265 cm³/mol. The van der Waals surface area contributed by atoms with Crippen molar-refractivity contribution >= 4 is 17.9 Å². The first kappa shape index (κ1) is 61.5. The van der Waals surface area contributed by atoms with E-state index in [1.165, 1.54) is 154 Å². The maximum Gasteiger partial charge on any atom is 0.306 e. The third-order valence-corrected chi connectivity index (χ3v) is 11.6. The van der Waals surface area contributed by atoms with Crippen LogP contribution in [0.2, 0.25) is 0 Å². The third kappa shape index (κ3) is 47.5. The van der Waals surface area contributed by atoms with E-state index in [1.54, 1.807) is 0 Å². The summed E-state index contributed by atoms with van der Waals surface area (Å²) < 4.78 is 22.7. The summed E-state index contributed by atoms with van der Waals surface area (Å²) in [6.07, 6.45) is 51.7. The van der Waals surface area contributed by atoms with Gasteiger partial charge in [-0.25, -0.2) is 0 Å². The number of esters is 2. The first-order valence-electron chi connectivity index (χ1n) is 26.6. The molecule has 0 heterocycles. The Hall–Kier alpha value is -2.49. The second kappa shape index (κ2) is 47.0. The average molecular weight is 904 g/mol. The molecular formula is C55H101NO8. The fourth-order valence-corrected chi connectivity index (χ4v) is 7.44. The Morgan fingerprint density at radius 2 is 0.844 bits per heavy atom. The van der Waals surface area contributed by atoms with Gasteiger partial charge in [0.15, 0.2) is 12.4 Å². The van der Waals surface area contributed by atoms with Gasteiger partial charge in [0.2, 0.25) is 0 Å². The van der Waals surface area contributed by atoms with Crippen molar-refractivity contribution in [2.45, 2.75) is 251 Å². The SMILES string of the molecule is CCCCCCC/C=C\C/C=C\CCCCCCCCCCCC(=O)OC(COC(=O)CCCCCCCCC/C=C\CCCCCCCCC)COC(OCC[N+](C)(C)C)C(=O)[O-]. The highest BCUT2D eigenvalue weighted by molar-refractivity contribution is 5.70. The van der Waals surface area contributed by atoms with E-state index in [1.807, 2.05) is 21.1 Å². The number of carboxylic acid groups (broad SMARTS) is 1. The van der Waals surface area contributed by atoms with E-state index in [0.29, 0.717) is 17.4 Å². The van der Waals surface area contributed by atoms with Gasteiger partial charge < -0.3 is 33.3 Å². The molecular weight excluding hydrogens is 803 g/mol. The molecule has 0 aliphatic carbocycles. The zero-order valence-electron chi connectivity index (χ0n) is 42.4. The van der Waals surface area contributed by atoms with Crippen molar-refractivity contribution < 1.29 is 42.9 Å². The molecule has 0 aliphatic rings. The van der Waals surface area contributed by atoms with Gasteiger partial charge in [-0.05, 0) is 70.6 Å². The van der Waals surface area contributed by atoms with Crippen LogP contribution in [0.5, 0.6) is 0 Å². The second-order valence-electron chi connectivity index (χ2n) is 19.2. The van der Waals surface area contributed by atoms with Gasteiger partial charge in [-0.15, -0.1) is 0 Å². The fraction of sp³-hybridized carbons (Fsp3) is 0.836. The van der Waals surface area contributed by atoms with Crippen LogP contribution in [0.3, 0.4) is 0 Å². The second-order valence-corrected chi connectivity index (χ2v) is 19.2. The van der Waals surface area contributed by atoms with Crippen LogP contribution in [0.25, 0.3) is 0 Å². The first-order chi connectivity index (χ1) is 31.1. The molecule has 0 bridgehead atoms. The molecule has 0 saturated carbocycles. The first-order valence-corrected chi connectivity index (χ1v) is 26.6. The lowest BCUT2D eigenvalue weighted by Crippen LogP contribution is -2.44. The van der Waals surface area contributed by atoms with E-state index >= 15 is 0 Å². The van der Waals surface area contributed by atoms with Gasteiger partial charge in [0.1, 0.15) is 13.2 Å². The standard InChI is InChI=1S/C55H101NO8/c1-6-8-10-12-14-16-18-20-22-24-26-27-28-30-32-34-36-38-40-42-44-46-53(58)64-51(50-63-55(54(59)60)61-48-47-56(3,4)5)49-62-52(57)45-43-41-39-37-35-33-31-29-25-23-21-19-17-15-13-11-9-7-2/h18,20,23-26,51,55H,6-17,19,21-22,27-50H2,1-5H3/b20-18-,25-23-,26-24-. The number of likely N-dealkylation sites (N-methyl/N-ethyl adjacent to an activating group) is 1. The number of carbonyl (C=O) groups excluding carboxylic acids is 3. The Morgan fingerprint density at radius 1 is 0.469 bits per heavy atom. The van der Waals surface area contributed by atoms with Gasteiger partial charge in [-0.3, -0.25) is 9.59 Å². The Morgan fingerprint density at radius 3 is 1.25 bits per heavy atom. The Bertz CT molecular complexity index is 1150.